The maximum atomic E-state index is 16.2. The van der Waals surface area contributed by atoms with Crippen molar-refractivity contribution in [1.29, 1.82) is 0 Å². The van der Waals surface area contributed by atoms with E-state index in [9.17, 15) is 20.1 Å². The van der Waals surface area contributed by atoms with Gasteiger partial charge in [-0.15, -0.1) is 0 Å². The molecule has 4 heterocycles. The monoisotopic (exact) mass is 1210 g/mol. The molecule has 464 valence electrons. The van der Waals surface area contributed by atoms with Crippen LogP contribution in [-0.4, -0.2) is 65.9 Å². The van der Waals surface area contributed by atoms with E-state index in [-0.39, 0.29) is 96.7 Å². The van der Waals surface area contributed by atoms with Crippen LogP contribution in [0.4, 0.5) is 0 Å². The molecule has 3 N–H and O–H groups in total. The molecule has 2 spiro atoms. The number of ether oxygens (including phenoxy) is 4. The molecule has 0 radical (unpaired) electrons. The maximum absolute atomic E-state index is 16.2. The van der Waals surface area contributed by atoms with E-state index in [0.29, 0.717) is 65.4 Å². The van der Waals surface area contributed by atoms with Crippen LogP contribution in [0.15, 0.2) is 148 Å². The molecule has 3 aliphatic heterocycles. The first-order chi connectivity index (χ1) is 44.0. The van der Waals surface area contributed by atoms with Crippen LogP contribution in [0.5, 0.6) is 5.75 Å². The van der Waals surface area contributed by atoms with Crippen LogP contribution in [0.3, 0.4) is 0 Å². The molecule has 2 fully saturated rings. The highest BCUT2D eigenvalue weighted by Gasteiger charge is 2.69. The first-order valence-corrected chi connectivity index (χ1v) is 33.7. The lowest BCUT2D eigenvalue weighted by Crippen LogP contribution is -2.64. The molecule has 14 atom stereocenters. The fraction of sp³-hybridized carbons (Fsp3) is 0.456. The number of rotatable bonds is 8. The molecule has 11 nitrogen and oxygen atoms in total. The van der Waals surface area contributed by atoms with Gasteiger partial charge in [0.25, 0.3) is 0 Å². The topological polar surface area (TPSA) is 162 Å². The van der Waals surface area contributed by atoms with Crippen molar-refractivity contribution in [2.45, 2.75) is 163 Å². The summed E-state index contributed by atoms with van der Waals surface area (Å²) in [5, 5.41) is 33.0. The quantitative estimate of drug-likeness (QED) is 0.0576. The number of carbonyl (C=O) groups excluding carboxylic acids is 2. The Morgan fingerprint density at radius 2 is 1.60 bits per heavy atom. The Labute approximate surface area is 526 Å². The van der Waals surface area contributed by atoms with Gasteiger partial charge < -0.3 is 38.7 Å². The minimum atomic E-state index is -1.38. The van der Waals surface area contributed by atoms with E-state index in [2.05, 4.69) is 121 Å². The van der Waals surface area contributed by atoms with Gasteiger partial charge in [0.1, 0.15) is 11.3 Å². The zero-order chi connectivity index (χ0) is 61.2. The summed E-state index contributed by atoms with van der Waals surface area (Å²) < 4.78 is 34.5. The zero-order valence-electron chi connectivity index (χ0n) is 51.8. The van der Waals surface area contributed by atoms with E-state index in [1.807, 2.05) is 6.07 Å². The van der Waals surface area contributed by atoms with Gasteiger partial charge in [-0.05, 0) is 199 Å². The lowest BCUT2D eigenvalue weighted by atomic mass is 9.46. The first-order valence-electron chi connectivity index (χ1n) is 33.7. The Balaban J connectivity index is 0.903. The van der Waals surface area contributed by atoms with Crippen LogP contribution >= 0.6 is 0 Å². The summed E-state index contributed by atoms with van der Waals surface area (Å²) in [6.07, 6.45) is 24.0. The minimum absolute atomic E-state index is 0.0194. The molecule has 14 unspecified atom stereocenters. The third-order valence-electron chi connectivity index (χ3n) is 24.5. The molecule has 0 saturated heterocycles. The molecule has 5 aromatic carbocycles. The number of carbonyl (C=O) groups is 2. The van der Waals surface area contributed by atoms with Gasteiger partial charge in [-0.25, -0.2) is 9.59 Å². The standard InChI is InChI=1S/C79H82O11/c1-45(42-81)56-26-21-46-18-19-50-38-49(46)32-36-77-34-9-35-78(68(77)41-62-58-14-5-3-10-47(58)23-30-65(62)77)74(89-75(56)84)73(71-67(90-78)31-29-61-63(43-82)70(76(85)88-72(61)71)52(33-37-80)44-86-2)87-69(83)40-53-39-51(22-27-57(50)53)59-15-8-17-66-60(59)28-25-55-13-7-12-54-24-20-48-11-4-6-16-64(48)79(54,55)66/h3-6,8-11,14-19,22-23,27,29-31,34,38,51-55,57,62,65,68,73-74,80-82H,7,12-13,20-21,24-26,28,32-33,35-37,39-44H2,1-2H3. The second kappa shape index (κ2) is 22.6. The van der Waals surface area contributed by atoms with E-state index in [1.165, 1.54) is 71.7 Å². The van der Waals surface area contributed by atoms with Crippen LogP contribution in [-0.2, 0) is 61.5 Å². The number of aliphatic hydroxyl groups excluding tert-OH is 3. The summed E-state index contributed by atoms with van der Waals surface area (Å²) in [5.74, 6) is -0.751. The molecule has 6 bridgehead atoms. The predicted octanol–water partition coefficient (Wildman–Crippen LogP) is 13.7. The Morgan fingerprint density at radius 1 is 0.778 bits per heavy atom. The van der Waals surface area contributed by atoms with Crippen molar-refractivity contribution < 1.29 is 48.3 Å². The Hall–Kier alpha value is -7.15. The van der Waals surface area contributed by atoms with E-state index >= 15 is 9.59 Å². The minimum Gasteiger partial charge on any atom is -0.482 e. The van der Waals surface area contributed by atoms with Crippen molar-refractivity contribution in [1.82, 2.24) is 0 Å². The van der Waals surface area contributed by atoms with E-state index in [1.54, 1.807) is 18.6 Å². The smallest absolute Gasteiger partial charge is 0.340 e. The number of hydrogen-bond donors (Lipinski definition) is 3. The van der Waals surface area contributed by atoms with Gasteiger partial charge >= 0.3 is 17.6 Å². The molecule has 16 rings (SSSR count). The SMILES string of the molecule is COCC(CCO)c1c(CO)c2ccc3c(c2oc1=O)C1OC(=O)CC2CC(c4cccc5c4CCC4CCCC6CCc7ccccc7C564)C=CC2c2ccc4c(c2)CCC25C=CCC(O3)(C1OC(=O)C(=C(C)CO)CC4)C2CC1c2ccccc2C=CC15. The average molecular weight is 1210 g/mol. The molecule has 0 amide bonds. The highest BCUT2D eigenvalue weighted by molar-refractivity contribution is 5.91. The van der Waals surface area contributed by atoms with Gasteiger partial charge in [-0.3, -0.25) is 4.79 Å². The summed E-state index contributed by atoms with van der Waals surface area (Å²) in [6, 6.07) is 35.7. The average Bonchev–Trinajstić information content (AvgIpc) is 1.33. The van der Waals surface area contributed by atoms with Crippen molar-refractivity contribution in [2.75, 3.05) is 26.9 Å². The molecular formula is C79H82O11. The number of fused-ring (bicyclic) bond motifs is 13. The number of hydrogen-bond acceptors (Lipinski definition) is 11. The normalized spacial score (nSPS) is 32.5. The van der Waals surface area contributed by atoms with Crippen molar-refractivity contribution in [2.24, 2.45) is 35.0 Å². The number of aliphatic hydroxyl groups is 3. The summed E-state index contributed by atoms with van der Waals surface area (Å²) in [5.41, 5.74) is 12.3. The fourth-order valence-electron chi connectivity index (χ4n) is 20.8. The van der Waals surface area contributed by atoms with Crippen molar-refractivity contribution in [3.63, 3.8) is 0 Å². The van der Waals surface area contributed by atoms with E-state index in [4.69, 9.17) is 23.4 Å². The van der Waals surface area contributed by atoms with E-state index in [0.717, 1.165) is 43.2 Å². The number of aryl methyl sites for hydroxylation is 3. The number of benzene rings is 5. The van der Waals surface area contributed by atoms with Gasteiger partial charge in [0, 0.05) is 77.6 Å². The Morgan fingerprint density at radius 3 is 2.44 bits per heavy atom. The molecule has 2 saturated carbocycles. The second-order valence-electron chi connectivity index (χ2n) is 28.3. The molecule has 1 aromatic heterocycles. The van der Waals surface area contributed by atoms with Crippen LogP contribution in [0.1, 0.15) is 186 Å². The molecule has 11 heteroatoms. The van der Waals surface area contributed by atoms with Crippen molar-refractivity contribution >= 4 is 29.0 Å². The molecule has 7 aliphatic carbocycles. The predicted molar refractivity (Wildman–Crippen MR) is 344 cm³/mol. The molecule has 10 aliphatic rings. The third kappa shape index (κ3) is 8.74. The number of allylic oxidation sites excluding steroid dienone is 4. The van der Waals surface area contributed by atoms with Gasteiger partial charge in [-0.1, -0.05) is 128 Å². The third-order valence-corrected chi connectivity index (χ3v) is 24.5. The number of methoxy groups -OCH3 is 1. The lowest BCUT2D eigenvalue weighted by Gasteiger charge is -2.57. The number of esters is 2. The summed E-state index contributed by atoms with van der Waals surface area (Å²) in [6.45, 7) is 0.715. The van der Waals surface area contributed by atoms with Crippen LogP contribution in [0, 0.1) is 35.0 Å². The Bertz CT molecular complexity index is 4070. The second-order valence-corrected chi connectivity index (χ2v) is 28.3. The van der Waals surface area contributed by atoms with Gasteiger partial charge in [0.15, 0.2) is 17.8 Å². The highest BCUT2D eigenvalue weighted by Crippen LogP contribution is 2.69. The first kappa shape index (κ1) is 58.0. The summed E-state index contributed by atoms with van der Waals surface area (Å²) >= 11 is 0. The van der Waals surface area contributed by atoms with Gasteiger partial charge in [0.05, 0.1) is 25.4 Å². The van der Waals surface area contributed by atoms with Crippen molar-refractivity contribution in [3.05, 3.63) is 221 Å². The molecular weight excluding hydrogens is 1120 g/mol. The lowest BCUT2D eigenvalue weighted by molar-refractivity contribution is -0.210. The van der Waals surface area contributed by atoms with Crippen LogP contribution in [0.2, 0.25) is 0 Å². The molecule has 90 heavy (non-hydrogen) atoms. The van der Waals surface area contributed by atoms with Gasteiger partial charge in [-0.2, -0.15) is 0 Å². The Kier molecular flexibility index (Phi) is 14.6. The summed E-state index contributed by atoms with van der Waals surface area (Å²) in [7, 11) is 1.53. The molecule has 6 aromatic rings. The van der Waals surface area contributed by atoms with Crippen LogP contribution < -0.4 is 10.4 Å². The van der Waals surface area contributed by atoms with Gasteiger partial charge in [0.2, 0.25) is 0 Å². The summed E-state index contributed by atoms with van der Waals surface area (Å²) in [4.78, 5) is 46.9. The largest absolute Gasteiger partial charge is 0.482 e. The van der Waals surface area contributed by atoms with E-state index < -0.39 is 53.3 Å². The van der Waals surface area contributed by atoms with Crippen LogP contribution in [0.25, 0.3) is 17.0 Å². The highest BCUT2D eigenvalue weighted by atomic mass is 16.6. The maximum Gasteiger partial charge on any atom is 0.340 e. The fourth-order valence-corrected chi connectivity index (χ4v) is 20.8. The zero-order valence-corrected chi connectivity index (χ0v) is 51.8. The van der Waals surface area contributed by atoms with Crippen molar-refractivity contribution in [3.8, 4) is 5.75 Å².